The van der Waals surface area contributed by atoms with Crippen molar-refractivity contribution in [1.29, 1.82) is 0 Å². The molecule has 0 spiro atoms. The van der Waals surface area contributed by atoms with Gasteiger partial charge in [-0.05, 0) is 29.5 Å². The minimum Gasteiger partial charge on any atom is -0.339 e. The minimum atomic E-state index is -0.623. The van der Waals surface area contributed by atoms with E-state index in [-0.39, 0.29) is 11.4 Å². The fraction of sp³-hybridized carbons (Fsp3) is 0.100. The summed E-state index contributed by atoms with van der Waals surface area (Å²) in [5.74, 6) is -1.25. The van der Waals surface area contributed by atoms with E-state index in [1.807, 2.05) is 0 Å². The van der Waals surface area contributed by atoms with Crippen LogP contribution in [0.2, 0.25) is 0 Å². The highest BCUT2D eigenvalue weighted by Gasteiger charge is 2.13. The Hall–Kier alpha value is -1.40. The molecule has 0 fully saturated rings. The lowest BCUT2D eigenvalue weighted by molar-refractivity contribution is 0.537. The van der Waals surface area contributed by atoms with Crippen molar-refractivity contribution in [3.05, 3.63) is 41.7 Å². The predicted octanol–water partition coefficient (Wildman–Crippen LogP) is 2.30. The molecule has 1 aromatic heterocycles. The molecule has 6 heteroatoms. The van der Waals surface area contributed by atoms with Crippen molar-refractivity contribution >= 4 is 11.8 Å². The number of halogens is 2. The van der Waals surface area contributed by atoms with Gasteiger partial charge in [-0.2, -0.15) is 0 Å². The second kappa shape index (κ2) is 4.63. The first kappa shape index (κ1) is 11.1. The number of nitrogens with two attached hydrogens (primary N) is 1. The highest BCUT2D eigenvalue weighted by Crippen LogP contribution is 2.30. The van der Waals surface area contributed by atoms with Crippen LogP contribution in [0.5, 0.6) is 0 Å². The summed E-state index contributed by atoms with van der Waals surface area (Å²) in [7, 11) is 0. The van der Waals surface area contributed by atoms with Gasteiger partial charge in [0.15, 0.2) is 5.16 Å². The molecule has 0 aliphatic heterocycles. The van der Waals surface area contributed by atoms with Crippen molar-refractivity contribution < 1.29 is 8.78 Å². The number of rotatable bonds is 3. The number of aromatic nitrogens is 2. The Labute approximate surface area is 95.1 Å². The fourth-order valence-electron chi connectivity index (χ4n) is 1.23. The van der Waals surface area contributed by atoms with Gasteiger partial charge in [-0.1, -0.05) is 0 Å². The van der Waals surface area contributed by atoms with Crippen LogP contribution in [0.4, 0.5) is 8.78 Å². The zero-order chi connectivity index (χ0) is 11.5. The van der Waals surface area contributed by atoms with Crippen LogP contribution in [0.15, 0.2) is 34.6 Å². The first-order chi connectivity index (χ1) is 7.70. The molecule has 1 heterocycles. The number of imidazole rings is 1. The van der Waals surface area contributed by atoms with E-state index >= 15 is 0 Å². The zero-order valence-corrected chi connectivity index (χ0v) is 9.02. The molecule has 0 radical (unpaired) electrons. The van der Waals surface area contributed by atoms with E-state index in [0.717, 1.165) is 11.8 Å². The maximum Gasteiger partial charge on any atom is 0.170 e. The Bertz CT molecular complexity index is 462. The van der Waals surface area contributed by atoms with Gasteiger partial charge in [-0.3, -0.25) is 0 Å². The SMILES string of the molecule is NCc1cc(F)c(Sc2ncc[nH]2)c(F)c1. The number of hydrogen-bond donors (Lipinski definition) is 2. The summed E-state index contributed by atoms with van der Waals surface area (Å²) in [6.07, 6.45) is 3.11. The van der Waals surface area contributed by atoms with Gasteiger partial charge in [0.1, 0.15) is 11.6 Å². The van der Waals surface area contributed by atoms with Crippen LogP contribution < -0.4 is 5.73 Å². The molecular weight excluding hydrogens is 232 g/mol. The van der Waals surface area contributed by atoms with E-state index in [1.54, 1.807) is 6.20 Å². The Morgan fingerprint density at radius 1 is 1.31 bits per heavy atom. The third-order valence-corrected chi connectivity index (χ3v) is 2.98. The lowest BCUT2D eigenvalue weighted by atomic mass is 10.2. The Morgan fingerprint density at radius 3 is 2.50 bits per heavy atom. The van der Waals surface area contributed by atoms with E-state index in [4.69, 9.17) is 5.73 Å². The first-order valence-corrected chi connectivity index (χ1v) is 5.37. The number of benzene rings is 1. The van der Waals surface area contributed by atoms with E-state index in [1.165, 1.54) is 18.3 Å². The maximum absolute atomic E-state index is 13.5. The van der Waals surface area contributed by atoms with Crippen molar-refractivity contribution in [2.24, 2.45) is 5.73 Å². The van der Waals surface area contributed by atoms with Gasteiger partial charge in [0.2, 0.25) is 0 Å². The summed E-state index contributed by atoms with van der Waals surface area (Å²) in [5, 5.41) is 0.443. The highest BCUT2D eigenvalue weighted by atomic mass is 32.2. The van der Waals surface area contributed by atoms with Crippen molar-refractivity contribution in [2.45, 2.75) is 16.6 Å². The van der Waals surface area contributed by atoms with Crippen molar-refractivity contribution in [1.82, 2.24) is 9.97 Å². The molecule has 0 bridgehead atoms. The molecule has 1 aromatic carbocycles. The molecule has 0 saturated heterocycles. The lowest BCUT2D eigenvalue weighted by Gasteiger charge is -2.04. The summed E-state index contributed by atoms with van der Waals surface area (Å²) in [6.45, 7) is 0.111. The molecule has 3 nitrogen and oxygen atoms in total. The highest BCUT2D eigenvalue weighted by molar-refractivity contribution is 7.99. The van der Waals surface area contributed by atoms with Gasteiger partial charge in [-0.25, -0.2) is 13.8 Å². The molecule has 0 aliphatic carbocycles. The molecule has 0 amide bonds. The van der Waals surface area contributed by atoms with Crippen molar-refractivity contribution in [2.75, 3.05) is 0 Å². The molecule has 0 saturated carbocycles. The van der Waals surface area contributed by atoms with Crippen LogP contribution >= 0.6 is 11.8 Å². The van der Waals surface area contributed by atoms with Crippen LogP contribution in [0, 0.1) is 11.6 Å². The standard InChI is InChI=1S/C10H9F2N3S/c11-7-3-6(5-13)4-8(12)9(7)16-10-14-1-2-15-10/h1-4H,5,13H2,(H,14,15). The van der Waals surface area contributed by atoms with Crippen molar-refractivity contribution in [3.8, 4) is 0 Å². The second-order valence-electron chi connectivity index (χ2n) is 3.09. The van der Waals surface area contributed by atoms with Gasteiger partial charge in [0.25, 0.3) is 0 Å². The Balaban J connectivity index is 2.34. The Kier molecular flexibility index (Phi) is 3.21. The van der Waals surface area contributed by atoms with E-state index in [9.17, 15) is 8.78 Å². The van der Waals surface area contributed by atoms with Crippen LogP contribution in [0.3, 0.4) is 0 Å². The summed E-state index contributed by atoms with van der Waals surface area (Å²) in [4.78, 5) is 6.57. The third-order valence-electron chi connectivity index (χ3n) is 1.97. The number of nitrogens with zero attached hydrogens (tertiary/aromatic N) is 1. The summed E-state index contributed by atoms with van der Waals surface area (Å²) in [6, 6.07) is 2.46. The first-order valence-electron chi connectivity index (χ1n) is 4.56. The monoisotopic (exact) mass is 241 g/mol. The maximum atomic E-state index is 13.5. The van der Waals surface area contributed by atoms with Gasteiger partial charge in [0, 0.05) is 18.9 Å². The predicted molar refractivity (Wildman–Crippen MR) is 57.0 cm³/mol. The van der Waals surface area contributed by atoms with Gasteiger partial charge < -0.3 is 10.7 Å². The van der Waals surface area contributed by atoms with Crippen LogP contribution in [-0.2, 0) is 6.54 Å². The third kappa shape index (κ3) is 2.23. The van der Waals surface area contributed by atoms with E-state index in [0.29, 0.717) is 10.7 Å². The number of hydrogen-bond acceptors (Lipinski definition) is 3. The fourth-order valence-corrected chi connectivity index (χ4v) is 1.98. The smallest absolute Gasteiger partial charge is 0.170 e. The summed E-state index contributed by atoms with van der Waals surface area (Å²) >= 11 is 0.909. The van der Waals surface area contributed by atoms with E-state index < -0.39 is 11.6 Å². The van der Waals surface area contributed by atoms with Gasteiger partial charge in [0.05, 0.1) is 4.90 Å². The normalized spacial score (nSPS) is 10.7. The molecule has 0 aliphatic rings. The number of nitrogens with one attached hydrogen (secondary N) is 1. The van der Waals surface area contributed by atoms with Gasteiger partial charge >= 0.3 is 0 Å². The van der Waals surface area contributed by atoms with Crippen LogP contribution in [-0.4, -0.2) is 9.97 Å². The largest absolute Gasteiger partial charge is 0.339 e. The molecule has 0 unspecified atom stereocenters. The average molecular weight is 241 g/mol. The van der Waals surface area contributed by atoms with Crippen LogP contribution in [0.25, 0.3) is 0 Å². The Morgan fingerprint density at radius 2 is 2.00 bits per heavy atom. The molecule has 0 atom stereocenters. The summed E-state index contributed by atoms with van der Waals surface area (Å²) < 4.78 is 27.1. The molecule has 3 N–H and O–H groups in total. The minimum absolute atomic E-state index is 0.0767. The molecule has 2 aromatic rings. The molecular formula is C10H9F2N3S. The zero-order valence-electron chi connectivity index (χ0n) is 8.21. The molecule has 16 heavy (non-hydrogen) atoms. The number of H-pyrrole nitrogens is 1. The molecule has 84 valence electrons. The van der Waals surface area contributed by atoms with Crippen LogP contribution in [0.1, 0.15) is 5.56 Å². The second-order valence-corrected chi connectivity index (χ2v) is 4.09. The van der Waals surface area contributed by atoms with Gasteiger partial charge in [-0.15, -0.1) is 0 Å². The van der Waals surface area contributed by atoms with E-state index in [2.05, 4.69) is 9.97 Å². The topological polar surface area (TPSA) is 54.7 Å². The number of aromatic amines is 1. The summed E-state index contributed by atoms with van der Waals surface area (Å²) in [5.41, 5.74) is 5.74. The lowest BCUT2D eigenvalue weighted by Crippen LogP contribution is -1.99. The molecule has 2 rings (SSSR count). The average Bonchev–Trinajstić information content (AvgIpc) is 2.75. The quantitative estimate of drug-likeness (QED) is 0.867. The van der Waals surface area contributed by atoms with Crippen molar-refractivity contribution in [3.63, 3.8) is 0 Å².